The third kappa shape index (κ3) is 13.7. The maximum absolute atomic E-state index is 11.5. The molecule has 0 radical (unpaired) electrons. The first-order valence-electron chi connectivity index (χ1n) is 8.49. The van der Waals surface area contributed by atoms with Crippen LogP contribution >= 0.6 is 0 Å². The van der Waals surface area contributed by atoms with E-state index >= 15 is 0 Å². The van der Waals surface area contributed by atoms with Gasteiger partial charge in [0, 0.05) is 6.92 Å². The molecule has 140 valence electrons. The Labute approximate surface area is 173 Å². The predicted octanol–water partition coefficient (Wildman–Crippen LogP) is 3.72. The molecule has 0 aliphatic heterocycles. The van der Waals surface area contributed by atoms with E-state index in [1.807, 2.05) is 6.07 Å². The quantitative estimate of drug-likeness (QED) is 0.160. The van der Waals surface area contributed by atoms with Crippen LogP contribution in [-0.2, 0) is 23.8 Å². The molecule has 0 fully saturated rings. The molecule has 0 heterocycles. The van der Waals surface area contributed by atoms with Crippen molar-refractivity contribution in [2.75, 3.05) is 6.61 Å². The van der Waals surface area contributed by atoms with Crippen LogP contribution < -0.4 is 4.74 Å². The Morgan fingerprint density at radius 3 is 2.20 bits per heavy atom. The fraction of sp³-hybridized carbons (Fsp3) is 0.647. The van der Waals surface area contributed by atoms with Gasteiger partial charge in [0.25, 0.3) is 0 Å². The molecular formula is C17H29NaO6S. The molecule has 1 rings (SSSR count). The first-order chi connectivity index (χ1) is 11.5. The molecule has 25 heavy (non-hydrogen) atoms. The van der Waals surface area contributed by atoms with Crippen LogP contribution in [0.5, 0.6) is 5.75 Å². The SMILES string of the molecule is CCCCCCCCCOS(=O)(=O)OOC(C)Oc1ccccc1.[NaH]. The molecule has 0 saturated heterocycles. The first-order valence-corrected chi connectivity index (χ1v) is 9.83. The number of benzene rings is 1. The number of unbranched alkanes of at least 4 members (excludes halogenated alkanes) is 6. The van der Waals surface area contributed by atoms with E-state index in [0.29, 0.717) is 12.2 Å². The molecule has 1 atom stereocenters. The fourth-order valence-electron chi connectivity index (χ4n) is 2.05. The summed E-state index contributed by atoms with van der Waals surface area (Å²) in [6.07, 6.45) is 6.68. The Morgan fingerprint density at radius 1 is 0.960 bits per heavy atom. The number of hydrogen-bond donors (Lipinski definition) is 0. The van der Waals surface area contributed by atoms with Gasteiger partial charge in [-0.3, -0.25) is 0 Å². The van der Waals surface area contributed by atoms with Crippen molar-refractivity contribution in [3.63, 3.8) is 0 Å². The van der Waals surface area contributed by atoms with Crippen molar-refractivity contribution in [1.82, 2.24) is 0 Å². The summed E-state index contributed by atoms with van der Waals surface area (Å²) in [6.45, 7) is 3.79. The molecule has 0 amide bonds. The first kappa shape index (κ1) is 24.8. The van der Waals surface area contributed by atoms with Gasteiger partial charge in [-0.2, -0.15) is 13.3 Å². The minimum absolute atomic E-state index is 0. The van der Waals surface area contributed by atoms with E-state index in [2.05, 4.69) is 11.3 Å². The monoisotopic (exact) mass is 384 g/mol. The number of ether oxygens (including phenoxy) is 1. The van der Waals surface area contributed by atoms with Gasteiger partial charge < -0.3 is 4.74 Å². The molecule has 1 aromatic carbocycles. The fourth-order valence-corrected chi connectivity index (χ4v) is 2.62. The van der Waals surface area contributed by atoms with Gasteiger partial charge in [0.15, 0.2) is 0 Å². The number of para-hydroxylation sites is 1. The standard InChI is InChI=1S/C17H28O6S.Na.H/c1-3-4-5-6-7-8-12-15-20-24(18,19)23-22-16(2)21-17-13-10-9-11-14-17;;/h9-11,13-14,16H,3-8,12,15H2,1-2H3;;. The average molecular weight is 384 g/mol. The zero-order valence-electron chi connectivity index (χ0n) is 14.5. The second kappa shape index (κ2) is 15.0. The van der Waals surface area contributed by atoms with Crippen LogP contribution in [0.1, 0.15) is 58.8 Å². The Balaban J connectivity index is 0.00000576. The van der Waals surface area contributed by atoms with E-state index in [1.165, 1.54) is 32.6 Å². The summed E-state index contributed by atoms with van der Waals surface area (Å²) in [7, 11) is -4.17. The van der Waals surface area contributed by atoms with Crippen molar-refractivity contribution in [2.24, 2.45) is 0 Å². The summed E-state index contributed by atoms with van der Waals surface area (Å²) in [5, 5.41) is 0. The average Bonchev–Trinajstić information content (AvgIpc) is 2.56. The Hall–Kier alpha value is -0.150. The van der Waals surface area contributed by atoms with Crippen molar-refractivity contribution in [1.29, 1.82) is 0 Å². The van der Waals surface area contributed by atoms with Crippen LogP contribution in [0.3, 0.4) is 0 Å². The second-order valence-electron chi connectivity index (χ2n) is 5.51. The topological polar surface area (TPSA) is 71.1 Å². The van der Waals surface area contributed by atoms with E-state index in [9.17, 15) is 8.42 Å². The van der Waals surface area contributed by atoms with Gasteiger partial charge in [0.05, 0.1) is 6.61 Å². The normalized spacial score (nSPS) is 12.4. The van der Waals surface area contributed by atoms with Crippen molar-refractivity contribution in [3.05, 3.63) is 30.3 Å². The van der Waals surface area contributed by atoms with Gasteiger partial charge in [0.1, 0.15) is 5.75 Å². The van der Waals surface area contributed by atoms with Gasteiger partial charge in [-0.1, -0.05) is 68.0 Å². The summed E-state index contributed by atoms with van der Waals surface area (Å²) < 4.78 is 37.5. The van der Waals surface area contributed by atoms with Gasteiger partial charge in [-0.25, -0.2) is 4.18 Å². The molecule has 0 aliphatic rings. The summed E-state index contributed by atoms with van der Waals surface area (Å²) in [4.78, 5) is 4.70. The molecule has 8 heteroatoms. The molecule has 0 bridgehead atoms. The van der Waals surface area contributed by atoms with Crippen LogP contribution in [-0.4, -0.2) is 50.9 Å². The van der Waals surface area contributed by atoms with Gasteiger partial charge >= 0.3 is 40.0 Å². The molecular weight excluding hydrogens is 355 g/mol. The summed E-state index contributed by atoms with van der Waals surface area (Å²) in [5.41, 5.74) is 0. The van der Waals surface area contributed by atoms with Crippen molar-refractivity contribution < 1.29 is 26.6 Å². The Bertz CT molecular complexity index is 523. The van der Waals surface area contributed by atoms with E-state index < -0.39 is 16.7 Å². The zero-order valence-corrected chi connectivity index (χ0v) is 15.3. The summed E-state index contributed by atoms with van der Waals surface area (Å²) in [5.74, 6) is 0.551. The Morgan fingerprint density at radius 2 is 1.56 bits per heavy atom. The van der Waals surface area contributed by atoms with Gasteiger partial charge in [-0.05, 0) is 18.6 Å². The van der Waals surface area contributed by atoms with Crippen LogP contribution in [0.4, 0.5) is 0 Å². The molecule has 0 aliphatic carbocycles. The summed E-state index contributed by atoms with van der Waals surface area (Å²) in [6, 6.07) is 8.89. The van der Waals surface area contributed by atoms with Crippen LogP contribution in [0.2, 0.25) is 0 Å². The number of hydrogen-bond acceptors (Lipinski definition) is 6. The number of rotatable bonds is 14. The van der Waals surface area contributed by atoms with Crippen molar-refractivity contribution in [3.8, 4) is 5.75 Å². The van der Waals surface area contributed by atoms with Crippen LogP contribution in [0.15, 0.2) is 30.3 Å². The Kier molecular flexibility index (Phi) is 14.9. The van der Waals surface area contributed by atoms with Crippen molar-refractivity contribution >= 4 is 40.0 Å². The second-order valence-corrected chi connectivity index (χ2v) is 6.70. The molecule has 1 aromatic rings. The molecule has 0 N–H and O–H groups in total. The van der Waals surface area contributed by atoms with Crippen LogP contribution in [0, 0.1) is 0 Å². The predicted molar refractivity (Wildman–Crippen MR) is 98.7 cm³/mol. The van der Waals surface area contributed by atoms with Gasteiger partial charge in [0.2, 0.25) is 6.29 Å². The molecule has 0 aromatic heterocycles. The molecule has 6 nitrogen and oxygen atoms in total. The molecule has 0 spiro atoms. The van der Waals surface area contributed by atoms with E-state index in [1.54, 1.807) is 24.3 Å². The zero-order chi connectivity index (χ0) is 17.7. The van der Waals surface area contributed by atoms with Crippen LogP contribution in [0.25, 0.3) is 0 Å². The third-order valence-electron chi connectivity index (χ3n) is 3.28. The van der Waals surface area contributed by atoms with E-state index in [0.717, 1.165) is 12.8 Å². The minimum atomic E-state index is -4.17. The molecule has 0 saturated carbocycles. The summed E-state index contributed by atoms with van der Waals surface area (Å²) >= 11 is 0. The van der Waals surface area contributed by atoms with Gasteiger partial charge in [-0.15, -0.1) is 0 Å². The molecule has 1 unspecified atom stereocenters. The van der Waals surface area contributed by atoms with E-state index in [-0.39, 0.29) is 36.2 Å². The maximum atomic E-state index is 11.5. The van der Waals surface area contributed by atoms with E-state index in [4.69, 9.17) is 13.8 Å². The van der Waals surface area contributed by atoms with Crippen molar-refractivity contribution in [2.45, 2.75) is 65.1 Å². The third-order valence-corrected chi connectivity index (χ3v) is 3.98.